The molecule has 0 atom stereocenters. The molecule has 0 heterocycles. The molecule has 0 radical (unpaired) electrons. The van der Waals surface area contributed by atoms with Crippen LogP contribution in [0.4, 0.5) is 0 Å². The van der Waals surface area contributed by atoms with Crippen molar-refractivity contribution in [3.05, 3.63) is 53.1 Å². The van der Waals surface area contributed by atoms with Crippen LogP contribution in [0.5, 0.6) is 11.5 Å². The Kier molecular flexibility index (Phi) is 6.15. The van der Waals surface area contributed by atoms with Gasteiger partial charge in [-0.15, -0.1) is 0 Å². The predicted octanol–water partition coefficient (Wildman–Crippen LogP) is 6.22. The Balaban J connectivity index is 1.68. The van der Waals surface area contributed by atoms with Crippen LogP contribution in [0.1, 0.15) is 55.2 Å². The van der Waals surface area contributed by atoms with E-state index in [0.717, 1.165) is 45.8 Å². The van der Waals surface area contributed by atoms with Crippen LogP contribution >= 0.6 is 0 Å². The van der Waals surface area contributed by atoms with Crippen molar-refractivity contribution in [2.75, 3.05) is 21.0 Å². The van der Waals surface area contributed by atoms with Crippen molar-refractivity contribution >= 4 is 12.0 Å². The summed E-state index contributed by atoms with van der Waals surface area (Å²) in [5.41, 5.74) is 5.31. The minimum Gasteiger partial charge on any atom is -0.496 e. The molecule has 4 fully saturated rings. The molecular weight excluding hydrogens is 428 g/mol. The van der Waals surface area contributed by atoms with Crippen LogP contribution in [0, 0.1) is 24.7 Å². The second-order valence-electron chi connectivity index (χ2n) is 10.5. The van der Waals surface area contributed by atoms with E-state index in [-0.39, 0.29) is 12.2 Å². The zero-order chi connectivity index (χ0) is 23.9. The number of hydrogen-bond donors (Lipinski definition) is 1. The summed E-state index contributed by atoms with van der Waals surface area (Å²) in [7, 11) is 3.37. The van der Waals surface area contributed by atoms with Gasteiger partial charge in [-0.3, -0.25) is 0 Å². The van der Waals surface area contributed by atoms with E-state index in [1.54, 1.807) is 20.3 Å². The molecule has 4 saturated carbocycles. The number of rotatable bonds is 8. The van der Waals surface area contributed by atoms with Gasteiger partial charge in [0.05, 0.1) is 7.11 Å². The number of carboxylic acids is 1. The van der Waals surface area contributed by atoms with Crippen LogP contribution in [0.2, 0.25) is 0 Å². The summed E-state index contributed by atoms with van der Waals surface area (Å²) >= 11 is 0. The molecule has 2 aromatic carbocycles. The van der Waals surface area contributed by atoms with Crippen molar-refractivity contribution in [1.29, 1.82) is 0 Å². The average molecular weight is 463 g/mol. The number of carboxylic acid groups (broad SMARTS) is 1. The fraction of sp³-hybridized carbons (Fsp3) is 0.483. The van der Waals surface area contributed by atoms with Crippen LogP contribution in [0.15, 0.2) is 36.4 Å². The lowest BCUT2D eigenvalue weighted by Crippen LogP contribution is -2.48. The Morgan fingerprint density at radius 2 is 1.74 bits per heavy atom. The smallest absolute Gasteiger partial charge is 0.328 e. The van der Waals surface area contributed by atoms with Gasteiger partial charge in [0.25, 0.3) is 0 Å². The molecule has 0 aromatic heterocycles. The highest BCUT2D eigenvalue weighted by atomic mass is 16.7. The lowest BCUT2D eigenvalue weighted by Gasteiger charge is -2.57. The lowest BCUT2D eigenvalue weighted by atomic mass is 9.48. The molecule has 1 N–H and O–H groups in total. The molecule has 4 aliphatic rings. The molecule has 4 aliphatic carbocycles. The highest BCUT2D eigenvalue weighted by molar-refractivity contribution is 5.90. The predicted molar refractivity (Wildman–Crippen MR) is 132 cm³/mol. The van der Waals surface area contributed by atoms with E-state index in [1.165, 1.54) is 50.2 Å². The summed E-state index contributed by atoms with van der Waals surface area (Å²) < 4.78 is 17.1. The topological polar surface area (TPSA) is 65.0 Å². The molecular formula is C29H34O5. The molecule has 2 aromatic rings. The van der Waals surface area contributed by atoms with Crippen molar-refractivity contribution in [3.63, 3.8) is 0 Å². The Hall–Kier alpha value is -2.79. The molecule has 180 valence electrons. The summed E-state index contributed by atoms with van der Waals surface area (Å²) in [6.45, 7) is 2.20. The second-order valence-corrected chi connectivity index (χ2v) is 10.5. The number of hydrogen-bond acceptors (Lipinski definition) is 4. The summed E-state index contributed by atoms with van der Waals surface area (Å²) in [4.78, 5) is 11.3. The van der Waals surface area contributed by atoms with Crippen molar-refractivity contribution in [1.82, 2.24) is 0 Å². The average Bonchev–Trinajstić information content (AvgIpc) is 2.80. The largest absolute Gasteiger partial charge is 0.496 e. The lowest BCUT2D eigenvalue weighted by molar-refractivity contribution is -0.131. The Bertz CT molecular complexity index is 1080. The fourth-order valence-corrected chi connectivity index (χ4v) is 7.35. The van der Waals surface area contributed by atoms with Crippen molar-refractivity contribution in [2.24, 2.45) is 17.8 Å². The number of ether oxygens (including phenoxy) is 3. The molecule has 5 nitrogen and oxygen atoms in total. The zero-order valence-corrected chi connectivity index (χ0v) is 20.3. The zero-order valence-electron chi connectivity index (χ0n) is 20.3. The fourth-order valence-electron chi connectivity index (χ4n) is 7.35. The highest BCUT2D eigenvalue weighted by Crippen LogP contribution is 2.62. The second kappa shape index (κ2) is 9.10. The molecule has 0 amide bonds. The Morgan fingerprint density at radius 3 is 2.32 bits per heavy atom. The monoisotopic (exact) mass is 462 g/mol. The first-order valence-electron chi connectivity index (χ1n) is 12.3. The van der Waals surface area contributed by atoms with Gasteiger partial charge in [0.15, 0.2) is 6.79 Å². The van der Waals surface area contributed by atoms with E-state index in [4.69, 9.17) is 14.2 Å². The Morgan fingerprint density at radius 1 is 1.06 bits per heavy atom. The van der Waals surface area contributed by atoms with Gasteiger partial charge in [-0.1, -0.05) is 12.1 Å². The first kappa shape index (κ1) is 23.0. The van der Waals surface area contributed by atoms with Crippen LogP contribution in [0.3, 0.4) is 0 Å². The normalized spacial score (nSPS) is 27.3. The van der Waals surface area contributed by atoms with Crippen molar-refractivity contribution in [2.45, 2.75) is 50.9 Å². The maximum Gasteiger partial charge on any atom is 0.328 e. The van der Waals surface area contributed by atoms with Gasteiger partial charge in [-0.25, -0.2) is 4.79 Å². The molecule has 5 heteroatoms. The number of aliphatic carboxylic acids is 1. The van der Waals surface area contributed by atoms with Gasteiger partial charge in [-0.2, -0.15) is 0 Å². The van der Waals surface area contributed by atoms with Crippen LogP contribution in [-0.2, 0) is 14.9 Å². The molecule has 0 unspecified atom stereocenters. The van der Waals surface area contributed by atoms with E-state index in [2.05, 4.69) is 19.1 Å². The third-order valence-corrected chi connectivity index (χ3v) is 8.22. The van der Waals surface area contributed by atoms with Gasteiger partial charge >= 0.3 is 5.97 Å². The maximum absolute atomic E-state index is 11.3. The minimum absolute atomic E-state index is 0.121. The number of carbonyl (C=O) groups is 1. The molecule has 6 rings (SSSR count). The quantitative estimate of drug-likeness (QED) is 0.373. The van der Waals surface area contributed by atoms with Crippen LogP contribution in [0.25, 0.3) is 17.2 Å². The Labute approximate surface area is 201 Å². The molecule has 0 spiro atoms. The van der Waals surface area contributed by atoms with E-state index in [9.17, 15) is 9.90 Å². The van der Waals surface area contributed by atoms with Crippen molar-refractivity contribution in [3.8, 4) is 22.6 Å². The first-order chi connectivity index (χ1) is 16.4. The number of aryl methyl sites for hydroxylation is 1. The van der Waals surface area contributed by atoms with E-state index in [1.807, 2.05) is 18.2 Å². The molecule has 0 saturated heterocycles. The van der Waals surface area contributed by atoms with Gasteiger partial charge in [0, 0.05) is 24.3 Å². The van der Waals surface area contributed by atoms with Crippen LogP contribution in [-0.4, -0.2) is 32.1 Å². The SMILES string of the molecule is COCOc1cccc(C=CC(=O)O)c1-c1cc(C23CC4CC(CC(C4)C2)C3)c(OC)cc1C. The highest BCUT2D eigenvalue weighted by Gasteiger charge is 2.52. The van der Waals surface area contributed by atoms with E-state index in [0.29, 0.717) is 5.75 Å². The van der Waals surface area contributed by atoms with Gasteiger partial charge < -0.3 is 19.3 Å². The third-order valence-electron chi connectivity index (χ3n) is 8.22. The van der Waals surface area contributed by atoms with Crippen LogP contribution < -0.4 is 9.47 Å². The number of methoxy groups -OCH3 is 2. The summed E-state index contributed by atoms with van der Waals surface area (Å²) in [5.74, 6) is 3.15. The number of benzene rings is 2. The summed E-state index contributed by atoms with van der Waals surface area (Å²) in [6, 6.07) is 10.2. The van der Waals surface area contributed by atoms with Gasteiger partial charge in [0.1, 0.15) is 11.5 Å². The maximum atomic E-state index is 11.3. The minimum atomic E-state index is -0.977. The summed E-state index contributed by atoms with van der Waals surface area (Å²) in [6.07, 6.45) is 10.7. The first-order valence-corrected chi connectivity index (χ1v) is 12.3. The molecule has 0 aliphatic heterocycles. The van der Waals surface area contributed by atoms with E-state index >= 15 is 0 Å². The van der Waals surface area contributed by atoms with Gasteiger partial charge in [-0.05, 0) is 110 Å². The van der Waals surface area contributed by atoms with E-state index < -0.39 is 5.97 Å². The standard InChI is InChI=1S/C29H34O5/c1-18-9-26(33-3)24(29-14-19-10-20(15-29)12-21(11-19)16-29)13-23(18)28-22(7-8-27(30)31)5-4-6-25(28)34-17-32-2/h4-9,13,19-21H,10-12,14-17H2,1-3H3,(H,30,31). The molecule has 34 heavy (non-hydrogen) atoms. The molecule has 4 bridgehead atoms. The summed E-state index contributed by atoms with van der Waals surface area (Å²) in [5, 5.41) is 9.26. The van der Waals surface area contributed by atoms with Crippen molar-refractivity contribution < 1.29 is 24.1 Å². The van der Waals surface area contributed by atoms with Gasteiger partial charge in [0.2, 0.25) is 0 Å². The third kappa shape index (κ3) is 4.11.